The highest BCUT2D eigenvalue weighted by Gasteiger charge is 2.26. The average molecular weight is 342 g/mol. The molecule has 0 aliphatic heterocycles. The van der Waals surface area contributed by atoms with E-state index in [1.54, 1.807) is 6.07 Å². The van der Waals surface area contributed by atoms with E-state index in [1.165, 1.54) is 31.4 Å². The van der Waals surface area contributed by atoms with Gasteiger partial charge in [0.2, 0.25) is 0 Å². The van der Waals surface area contributed by atoms with Crippen molar-refractivity contribution in [3.63, 3.8) is 0 Å². The van der Waals surface area contributed by atoms with Crippen molar-refractivity contribution in [1.82, 2.24) is 4.90 Å². The lowest BCUT2D eigenvalue weighted by atomic mass is 9.93. The van der Waals surface area contributed by atoms with Crippen molar-refractivity contribution in [2.75, 3.05) is 11.9 Å². The van der Waals surface area contributed by atoms with Crippen LogP contribution in [0.4, 0.5) is 4.39 Å². The van der Waals surface area contributed by atoms with Crippen molar-refractivity contribution in [3.8, 4) is 0 Å². The Hall–Kier alpha value is -0.900. The number of amides is 1. The van der Waals surface area contributed by atoms with E-state index in [4.69, 9.17) is 0 Å². The number of carbonyl (C=O) groups is 1. The number of aryl methyl sites for hydroxylation is 1. The zero-order valence-corrected chi connectivity index (χ0v) is 13.5. The third kappa shape index (κ3) is 3.81. The summed E-state index contributed by atoms with van der Waals surface area (Å²) in [6.07, 6.45) is 5.74. The normalized spacial score (nSPS) is 16.1. The van der Waals surface area contributed by atoms with E-state index in [0.717, 1.165) is 23.7 Å². The number of benzene rings is 1. The summed E-state index contributed by atoms with van der Waals surface area (Å²) in [7, 11) is 0. The molecular formula is C16H21BrFNO. The second kappa shape index (κ2) is 7.21. The minimum absolute atomic E-state index is 0.0426. The lowest BCUT2D eigenvalue weighted by Gasteiger charge is -2.34. The smallest absolute Gasteiger partial charge is 0.254 e. The summed E-state index contributed by atoms with van der Waals surface area (Å²) >= 11 is 3.42. The van der Waals surface area contributed by atoms with Gasteiger partial charge in [-0.3, -0.25) is 4.79 Å². The van der Waals surface area contributed by atoms with Crippen molar-refractivity contribution >= 4 is 21.8 Å². The van der Waals surface area contributed by atoms with Gasteiger partial charge >= 0.3 is 0 Å². The largest absolute Gasteiger partial charge is 0.335 e. The predicted octanol–water partition coefficient (Wildman–Crippen LogP) is 4.30. The molecule has 0 N–H and O–H groups in total. The van der Waals surface area contributed by atoms with Gasteiger partial charge in [-0.25, -0.2) is 4.39 Å². The molecule has 110 valence electrons. The summed E-state index contributed by atoms with van der Waals surface area (Å²) in [6, 6.07) is 4.87. The minimum Gasteiger partial charge on any atom is -0.335 e. The average Bonchev–Trinajstić information content (AvgIpc) is 2.44. The standard InChI is InChI=1S/C16H21BrFNO/c1-12-9-13(11-14(18)10-12)16(20)19(8-7-17)15-5-3-2-4-6-15/h9-11,15H,2-8H2,1H3. The van der Waals surface area contributed by atoms with E-state index < -0.39 is 0 Å². The van der Waals surface area contributed by atoms with E-state index in [0.29, 0.717) is 18.2 Å². The second-order valence-electron chi connectivity index (χ2n) is 5.50. The first kappa shape index (κ1) is 15.5. The Morgan fingerprint density at radius 3 is 2.60 bits per heavy atom. The summed E-state index contributed by atoms with van der Waals surface area (Å²) in [6.45, 7) is 2.49. The summed E-state index contributed by atoms with van der Waals surface area (Å²) in [5.41, 5.74) is 1.25. The number of nitrogens with zero attached hydrogens (tertiary/aromatic N) is 1. The van der Waals surface area contributed by atoms with E-state index in [2.05, 4.69) is 15.9 Å². The summed E-state index contributed by atoms with van der Waals surface area (Å²) in [4.78, 5) is 14.6. The van der Waals surface area contributed by atoms with E-state index in [9.17, 15) is 9.18 Å². The van der Waals surface area contributed by atoms with Crippen molar-refractivity contribution in [1.29, 1.82) is 0 Å². The monoisotopic (exact) mass is 341 g/mol. The molecule has 1 aliphatic rings. The molecule has 20 heavy (non-hydrogen) atoms. The highest BCUT2D eigenvalue weighted by molar-refractivity contribution is 9.09. The summed E-state index contributed by atoms with van der Waals surface area (Å²) in [5, 5.41) is 0.754. The highest BCUT2D eigenvalue weighted by Crippen LogP contribution is 2.24. The molecule has 4 heteroatoms. The van der Waals surface area contributed by atoms with Crippen LogP contribution in [0.25, 0.3) is 0 Å². The van der Waals surface area contributed by atoms with Gasteiger partial charge in [0, 0.05) is 23.5 Å². The molecule has 2 rings (SSSR count). The van der Waals surface area contributed by atoms with Gasteiger partial charge in [0.1, 0.15) is 5.82 Å². The molecule has 0 atom stereocenters. The number of carbonyl (C=O) groups excluding carboxylic acids is 1. The third-order valence-corrected chi connectivity index (χ3v) is 4.25. The van der Waals surface area contributed by atoms with Crippen LogP contribution in [0, 0.1) is 12.7 Å². The van der Waals surface area contributed by atoms with Crippen molar-refractivity contribution in [2.24, 2.45) is 0 Å². The Kier molecular flexibility index (Phi) is 5.58. The lowest BCUT2D eigenvalue weighted by Crippen LogP contribution is -2.42. The first-order valence-electron chi connectivity index (χ1n) is 7.26. The molecule has 0 radical (unpaired) electrons. The van der Waals surface area contributed by atoms with Gasteiger partial charge < -0.3 is 4.90 Å². The van der Waals surface area contributed by atoms with Gasteiger partial charge in [0.05, 0.1) is 0 Å². The van der Waals surface area contributed by atoms with Gasteiger partial charge in [-0.05, 0) is 43.5 Å². The van der Waals surface area contributed by atoms with Gasteiger partial charge in [0.25, 0.3) is 5.91 Å². The van der Waals surface area contributed by atoms with Crippen LogP contribution < -0.4 is 0 Å². The predicted molar refractivity (Wildman–Crippen MR) is 82.8 cm³/mol. The Morgan fingerprint density at radius 2 is 2.00 bits per heavy atom. The van der Waals surface area contributed by atoms with Crippen LogP contribution in [0.3, 0.4) is 0 Å². The minimum atomic E-state index is -0.337. The first-order chi connectivity index (χ1) is 9.61. The molecule has 2 nitrogen and oxygen atoms in total. The third-order valence-electron chi connectivity index (χ3n) is 3.89. The van der Waals surface area contributed by atoms with Crippen molar-refractivity contribution < 1.29 is 9.18 Å². The van der Waals surface area contributed by atoms with Gasteiger partial charge in [0.15, 0.2) is 0 Å². The van der Waals surface area contributed by atoms with Crippen molar-refractivity contribution in [2.45, 2.75) is 45.1 Å². The maximum atomic E-state index is 13.5. The van der Waals surface area contributed by atoms with Crippen LogP contribution in [0.5, 0.6) is 0 Å². The molecule has 0 aromatic heterocycles. The Bertz CT molecular complexity index is 451. The van der Waals surface area contributed by atoms with Crippen LogP contribution in [0.2, 0.25) is 0 Å². The Labute approximate surface area is 128 Å². The fraction of sp³-hybridized carbons (Fsp3) is 0.562. The summed E-state index contributed by atoms with van der Waals surface area (Å²) in [5.74, 6) is -0.380. The quantitative estimate of drug-likeness (QED) is 0.747. The Morgan fingerprint density at radius 1 is 1.30 bits per heavy atom. The zero-order valence-electron chi connectivity index (χ0n) is 11.9. The number of hydrogen-bond acceptors (Lipinski definition) is 1. The second-order valence-corrected chi connectivity index (χ2v) is 6.29. The molecule has 0 bridgehead atoms. The molecule has 1 aromatic carbocycles. The molecule has 1 aliphatic carbocycles. The summed E-state index contributed by atoms with van der Waals surface area (Å²) < 4.78 is 13.5. The zero-order chi connectivity index (χ0) is 14.5. The molecule has 1 amide bonds. The van der Waals surface area contributed by atoms with Crippen molar-refractivity contribution in [3.05, 3.63) is 35.1 Å². The molecule has 0 heterocycles. The number of halogens is 2. The fourth-order valence-corrected chi connectivity index (χ4v) is 3.34. The molecule has 0 unspecified atom stereocenters. The molecule has 0 saturated heterocycles. The maximum absolute atomic E-state index is 13.5. The molecule has 1 saturated carbocycles. The van der Waals surface area contributed by atoms with Crippen LogP contribution in [-0.4, -0.2) is 28.7 Å². The highest BCUT2D eigenvalue weighted by atomic mass is 79.9. The molecule has 1 fully saturated rings. The number of hydrogen-bond donors (Lipinski definition) is 0. The topological polar surface area (TPSA) is 20.3 Å². The number of alkyl halides is 1. The molecule has 0 spiro atoms. The van der Waals surface area contributed by atoms with Crippen LogP contribution in [-0.2, 0) is 0 Å². The van der Waals surface area contributed by atoms with Gasteiger partial charge in [-0.15, -0.1) is 0 Å². The molecular weight excluding hydrogens is 321 g/mol. The van der Waals surface area contributed by atoms with E-state index in [1.807, 2.05) is 11.8 Å². The first-order valence-corrected chi connectivity index (χ1v) is 8.38. The Balaban J connectivity index is 2.20. The fourth-order valence-electron chi connectivity index (χ4n) is 2.96. The number of rotatable bonds is 4. The SMILES string of the molecule is Cc1cc(F)cc(C(=O)N(CCBr)C2CCCCC2)c1. The van der Waals surface area contributed by atoms with Gasteiger partial charge in [-0.1, -0.05) is 35.2 Å². The lowest BCUT2D eigenvalue weighted by molar-refractivity contribution is 0.0650. The van der Waals surface area contributed by atoms with Gasteiger partial charge in [-0.2, -0.15) is 0 Å². The van der Waals surface area contributed by atoms with Crippen LogP contribution >= 0.6 is 15.9 Å². The molecule has 1 aromatic rings. The van der Waals surface area contributed by atoms with Crippen LogP contribution in [0.15, 0.2) is 18.2 Å². The maximum Gasteiger partial charge on any atom is 0.254 e. The van der Waals surface area contributed by atoms with E-state index in [-0.39, 0.29) is 11.7 Å². The van der Waals surface area contributed by atoms with E-state index >= 15 is 0 Å². The van der Waals surface area contributed by atoms with Crippen LogP contribution in [0.1, 0.15) is 48.0 Å².